The lowest BCUT2D eigenvalue weighted by Crippen LogP contribution is -2.27. The highest BCUT2D eigenvalue weighted by Crippen LogP contribution is 2.38. The molecule has 8 nitrogen and oxygen atoms in total. The lowest BCUT2D eigenvalue weighted by Gasteiger charge is -2.14. The van der Waals surface area contributed by atoms with Crippen LogP contribution in [0.1, 0.15) is 16.7 Å². The number of ether oxygens (including phenoxy) is 1. The number of alkyl halides is 6. The summed E-state index contributed by atoms with van der Waals surface area (Å²) in [5.74, 6) is 4.67. The van der Waals surface area contributed by atoms with Gasteiger partial charge in [0, 0.05) is 31.0 Å². The second kappa shape index (κ2) is 9.13. The highest BCUT2D eigenvalue weighted by atomic mass is 19.4. The van der Waals surface area contributed by atoms with Gasteiger partial charge in [-0.2, -0.15) is 31.3 Å². The number of hydrogen-bond donors (Lipinski definition) is 1. The van der Waals surface area contributed by atoms with Crippen LogP contribution in [0.25, 0.3) is 17.6 Å². The minimum absolute atomic E-state index is 0.00333. The van der Waals surface area contributed by atoms with Gasteiger partial charge in [-0.1, -0.05) is 6.07 Å². The summed E-state index contributed by atoms with van der Waals surface area (Å²) >= 11 is 0. The van der Waals surface area contributed by atoms with Gasteiger partial charge in [0.1, 0.15) is 12.1 Å². The lowest BCUT2D eigenvalue weighted by molar-refractivity contribution is -0.143. The van der Waals surface area contributed by atoms with Crippen LogP contribution in [0.3, 0.4) is 0 Å². The van der Waals surface area contributed by atoms with Gasteiger partial charge in [0.2, 0.25) is 5.88 Å². The van der Waals surface area contributed by atoms with Crippen LogP contribution in [-0.2, 0) is 17.1 Å². The number of aromatic nitrogens is 4. The molecule has 0 atom stereocenters. The Morgan fingerprint density at radius 2 is 1.71 bits per heavy atom. The number of anilines is 1. The molecule has 2 aromatic heterocycles. The zero-order valence-corrected chi connectivity index (χ0v) is 17.5. The van der Waals surface area contributed by atoms with E-state index < -0.39 is 40.8 Å². The van der Waals surface area contributed by atoms with Crippen LogP contribution < -0.4 is 15.6 Å². The molecule has 0 spiro atoms. The van der Waals surface area contributed by atoms with E-state index in [9.17, 15) is 31.1 Å². The van der Waals surface area contributed by atoms with E-state index in [1.54, 1.807) is 20.0 Å². The molecule has 2 heterocycles. The summed E-state index contributed by atoms with van der Waals surface area (Å²) in [4.78, 5) is 19.8. The van der Waals surface area contributed by atoms with Gasteiger partial charge in [-0.3, -0.25) is 5.01 Å². The van der Waals surface area contributed by atoms with Crippen LogP contribution >= 0.6 is 0 Å². The average Bonchev–Trinajstić information content (AvgIpc) is 3.21. The first-order valence-electron chi connectivity index (χ1n) is 9.31. The zero-order chi connectivity index (χ0) is 25.3. The second-order valence-electron chi connectivity index (χ2n) is 6.98. The Morgan fingerprint density at radius 3 is 2.26 bits per heavy atom. The first kappa shape index (κ1) is 24.7. The van der Waals surface area contributed by atoms with E-state index in [1.807, 2.05) is 0 Å². The van der Waals surface area contributed by atoms with Crippen molar-refractivity contribution >= 4 is 18.0 Å². The molecule has 0 radical (unpaired) electrons. The normalized spacial score (nSPS) is 12.3. The van der Waals surface area contributed by atoms with E-state index in [2.05, 4.69) is 15.1 Å². The molecule has 3 aromatic rings. The molecule has 0 bridgehead atoms. The molecule has 180 valence electrons. The third-order valence-corrected chi connectivity index (χ3v) is 4.30. The van der Waals surface area contributed by atoms with Crippen LogP contribution in [0.15, 0.2) is 42.7 Å². The predicted molar refractivity (Wildman–Crippen MR) is 108 cm³/mol. The highest BCUT2D eigenvalue weighted by molar-refractivity contribution is 5.86. The topological polar surface area (TPSA) is 99.2 Å². The van der Waals surface area contributed by atoms with Crippen molar-refractivity contribution in [3.63, 3.8) is 0 Å². The molecule has 1 aromatic carbocycles. The smallest absolute Gasteiger partial charge is 0.404 e. The molecule has 3 rings (SSSR count). The summed E-state index contributed by atoms with van der Waals surface area (Å²) in [5, 5.41) is 5.03. The number of hydrazine groups is 1. The maximum absolute atomic E-state index is 13.0. The maximum Gasteiger partial charge on any atom is 0.416 e. The van der Waals surface area contributed by atoms with Gasteiger partial charge in [0.15, 0.2) is 5.82 Å². The average molecular weight is 486 g/mol. The minimum Gasteiger partial charge on any atom is -0.404 e. The first-order chi connectivity index (χ1) is 15.7. The van der Waals surface area contributed by atoms with Crippen LogP contribution in [-0.4, -0.2) is 32.8 Å². The minimum atomic E-state index is -5.01. The molecule has 0 aliphatic rings. The fraction of sp³-hybridized carbons (Fsp3) is 0.200. The van der Waals surface area contributed by atoms with Crippen LogP contribution in [0.2, 0.25) is 0 Å². The number of carbonyl (C=O) groups excluding carboxylic acids is 1. The number of rotatable bonds is 5. The second-order valence-corrected chi connectivity index (χ2v) is 6.98. The van der Waals surface area contributed by atoms with Crippen molar-refractivity contribution in [2.24, 2.45) is 5.84 Å². The van der Waals surface area contributed by atoms with Crippen LogP contribution in [0, 0.1) is 6.92 Å². The summed E-state index contributed by atoms with van der Waals surface area (Å²) in [5.41, 5.74) is -2.76. The Balaban J connectivity index is 1.80. The molecule has 0 saturated carbocycles. The quantitative estimate of drug-likeness (QED) is 0.191. The van der Waals surface area contributed by atoms with Crippen LogP contribution in [0.5, 0.6) is 5.88 Å². The lowest BCUT2D eigenvalue weighted by atomic mass is 10.0. The fourth-order valence-electron chi connectivity index (χ4n) is 2.75. The fourth-order valence-corrected chi connectivity index (χ4v) is 2.75. The van der Waals surface area contributed by atoms with Crippen molar-refractivity contribution < 1.29 is 35.9 Å². The van der Waals surface area contributed by atoms with E-state index in [4.69, 9.17) is 10.6 Å². The van der Waals surface area contributed by atoms with E-state index in [1.165, 1.54) is 11.1 Å². The Bertz CT molecular complexity index is 1200. The molecule has 0 aliphatic heterocycles. The Labute approximate surface area is 188 Å². The predicted octanol–water partition coefficient (Wildman–Crippen LogP) is 4.07. The van der Waals surface area contributed by atoms with Gasteiger partial charge in [-0.25, -0.2) is 20.3 Å². The third-order valence-electron chi connectivity index (χ3n) is 4.30. The number of halogens is 6. The summed E-state index contributed by atoms with van der Waals surface area (Å²) in [6, 6.07) is 4.08. The van der Waals surface area contributed by atoms with Gasteiger partial charge in [-0.15, -0.1) is 5.10 Å². The molecule has 14 heteroatoms. The van der Waals surface area contributed by atoms with Crippen molar-refractivity contribution in [2.75, 3.05) is 12.1 Å². The maximum atomic E-state index is 13.0. The standard InChI is InChI=1S/C20H16F6N6O2/c1-11-3-4-15(29-18(11)31(2)27)34-16(33)5-6-32-10-28-17(30-32)12-7-13(19(21,22)23)9-14(8-12)20(24,25)26/h3-10H,27H2,1-2H3/b6-5-. The molecular formula is C20H16F6N6O2. The number of pyridine rings is 1. The molecule has 2 N–H and O–H groups in total. The zero-order valence-electron chi connectivity index (χ0n) is 17.5. The van der Waals surface area contributed by atoms with Crippen molar-refractivity contribution in [1.82, 2.24) is 19.7 Å². The first-order valence-corrected chi connectivity index (χ1v) is 9.31. The van der Waals surface area contributed by atoms with Gasteiger partial charge >= 0.3 is 18.3 Å². The van der Waals surface area contributed by atoms with Crippen molar-refractivity contribution in [3.05, 3.63) is 59.4 Å². The van der Waals surface area contributed by atoms with Crippen molar-refractivity contribution in [3.8, 4) is 17.3 Å². The number of nitrogens with zero attached hydrogens (tertiary/aromatic N) is 5. The van der Waals surface area contributed by atoms with Gasteiger partial charge < -0.3 is 4.74 Å². The molecule has 0 saturated heterocycles. The molecule has 0 aliphatic carbocycles. The summed E-state index contributed by atoms with van der Waals surface area (Å²) in [6.45, 7) is 1.75. The molecular weight excluding hydrogens is 470 g/mol. The number of benzene rings is 1. The number of carbonyl (C=O) groups is 1. The number of aryl methyl sites for hydroxylation is 1. The molecule has 34 heavy (non-hydrogen) atoms. The molecule has 0 fully saturated rings. The SMILES string of the molecule is Cc1ccc(OC(=O)/C=C\n2cnc(-c3cc(C(F)(F)F)cc(C(F)(F)F)c3)n2)nc1N(C)N. The van der Waals surface area contributed by atoms with Crippen LogP contribution in [0.4, 0.5) is 32.2 Å². The Morgan fingerprint density at radius 1 is 1.09 bits per heavy atom. The molecule has 0 unspecified atom stereocenters. The van der Waals surface area contributed by atoms with Gasteiger partial charge in [0.25, 0.3) is 0 Å². The van der Waals surface area contributed by atoms with Crippen molar-refractivity contribution in [2.45, 2.75) is 19.3 Å². The number of hydrogen-bond acceptors (Lipinski definition) is 7. The number of esters is 1. The van der Waals surface area contributed by atoms with E-state index in [0.717, 1.165) is 28.8 Å². The molecule has 0 amide bonds. The number of nitrogens with two attached hydrogens (primary N) is 1. The monoisotopic (exact) mass is 486 g/mol. The van der Waals surface area contributed by atoms with E-state index in [-0.39, 0.29) is 11.9 Å². The summed E-state index contributed by atoms with van der Waals surface area (Å²) < 4.78 is 84.2. The Hall–Kier alpha value is -3.94. The highest BCUT2D eigenvalue weighted by Gasteiger charge is 2.37. The Kier molecular flexibility index (Phi) is 6.63. The summed E-state index contributed by atoms with van der Waals surface area (Å²) in [6.07, 6.45) is -7.05. The van der Waals surface area contributed by atoms with E-state index >= 15 is 0 Å². The van der Waals surface area contributed by atoms with Gasteiger partial charge in [0.05, 0.1) is 11.1 Å². The van der Waals surface area contributed by atoms with Crippen molar-refractivity contribution in [1.29, 1.82) is 0 Å². The van der Waals surface area contributed by atoms with E-state index in [0.29, 0.717) is 18.0 Å². The largest absolute Gasteiger partial charge is 0.416 e. The van der Waals surface area contributed by atoms with Gasteiger partial charge in [-0.05, 0) is 30.7 Å². The summed E-state index contributed by atoms with van der Waals surface area (Å²) in [7, 11) is 1.55. The third kappa shape index (κ3) is 5.89.